The zero-order chi connectivity index (χ0) is 13.8. The molecule has 2 aromatic rings. The van der Waals surface area contributed by atoms with Gasteiger partial charge in [0.25, 0.3) is 0 Å². The van der Waals surface area contributed by atoms with Gasteiger partial charge in [0.2, 0.25) is 0 Å². The summed E-state index contributed by atoms with van der Waals surface area (Å²) in [6, 6.07) is 13.5. The van der Waals surface area contributed by atoms with Crippen LogP contribution >= 0.6 is 0 Å². The predicted octanol–water partition coefficient (Wildman–Crippen LogP) is 1.99. The van der Waals surface area contributed by atoms with Crippen LogP contribution in [0.15, 0.2) is 48.5 Å². The lowest BCUT2D eigenvalue weighted by Gasteiger charge is -2.05. The molecular formula is C16H17AlO3. The van der Waals surface area contributed by atoms with Crippen LogP contribution < -0.4 is 0 Å². The molecule has 0 bridgehead atoms. The SMILES string of the molecule is CCc1ccc(C(=O)c2ccccc2C(=O)O)cc1.[AlH3]. The summed E-state index contributed by atoms with van der Waals surface area (Å²) in [7, 11) is 0. The van der Waals surface area contributed by atoms with E-state index in [9.17, 15) is 9.59 Å². The van der Waals surface area contributed by atoms with Crippen LogP contribution in [0.2, 0.25) is 0 Å². The molecule has 4 heteroatoms. The van der Waals surface area contributed by atoms with E-state index in [1.54, 1.807) is 30.3 Å². The summed E-state index contributed by atoms with van der Waals surface area (Å²) in [4.78, 5) is 23.4. The summed E-state index contributed by atoms with van der Waals surface area (Å²) in [6.45, 7) is 2.04. The fraction of sp³-hybridized carbons (Fsp3) is 0.125. The summed E-state index contributed by atoms with van der Waals surface area (Å²) >= 11 is 0. The number of ketones is 1. The average molecular weight is 284 g/mol. The maximum Gasteiger partial charge on any atom is 0.336 e. The van der Waals surface area contributed by atoms with Crippen molar-refractivity contribution >= 4 is 29.1 Å². The van der Waals surface area contributed by atoms with Crippen molar-refractivity contribution in [1.82, 2.24) is 0 Å². The summed E-state index contributed by atoms with van der Waals surface area (Å²) in [5.41, 5.74) is 1.90. The largest absolute Gasteiger partial charge is 0.478 e. The van der Waals surface area contributed by atoms with Gasteiger partial charge in [0.15, 0.2) is 23.1 Å². The molecular weight excluding hydrogens is 267 g/mol. The van der Waals surface area contributed by atoms with Crippen molar-refractivity contribution in [3.05, 3.63) is 70.8 Å². The Bertz CT molecular complexity index is 618. The minimum atomic E-state index is -1.09. The Labute approximate surface area is 128 Å². The number of hydrogen-bond acceptors (Lipinski definition) is 2. The first kappa shape index (κ1) is 16.2. The topological polar surface area (TPSA) is 54.4 Å². The number of aryl methyl sites for hydroxylation is 1. The van der Waals surface area contributed by atoms with E-state index in [0.717, 1.165) is 12.0 Å². The van der Waals surface area contributed by atoms with Gasteiger partial charge in [-0.05, 0) is 18.1 Å². The molecule has 0 aromatic heterocycles. The lowest BCUT2D eigenvalue weighted by Crippen LogP contribution is -2.09. The standard InChI is InChI=1S/C16H14O3.Al.3H/c1-2-11-7-9-12(10-8-11)15(17)13-5-3-4-6-14(13)16(18)19;;;;/h3-10H,2H2,1H3,(H,18,19);;;;. The van der Waals surface area contributed by atoms with Gasteiger partial charge in [-0.25, -0.2) is 4.79 Å². The third-order valence-electron chi connectivity index (χ3n) is 3.03. The van der Waals surface area contributed by atoms with E-state index in [-0.39, 0.29) is 34.3 Å². The summed E-state index contributed by atoms with van der Waals surface area (Å²) in [6.07, 6.45) is 0.903. The van der Waals surface area contributed by atoms with Crippen LogP contribution in [0.1, 0.15) is 38.8 Å². The summed E-state index contributed by atoms with van der Waals surface area (Å²) < 4.78 is 0. The van der Waals surface area contributed by atoms with Crippen molar-refractivity contribution in [2.24, 2.45) is 0 Å². The van der Waals surface area contributed by atoms with Crippen LogP contribution in [0.25, 0.3) is 0 Å². The fourth-order valence-electron chi connectivity index (χ4n) is 1.91. The van der Waals surface area contributed by atoms with Crippen LogP contribution in [0.5, 0.6) is 0 Å². The van der Waals surface area contributed by atoms with E-state index in [4.69, 9.17) is 5.11 Å². The molecule has 0 radical (unpaired) electrons. The Kier molecular flexibility index (Phi) is 5.69. The number of hydrogen-bond donors (Lipinski definition) is 1. The van der Waals surface area contributed by atoms with E-state index < -0.39 is 5.97 Å². The Morgan fingerprint density at radius 1 is 0.950 bits per heavy atom. The van der Waals surface area contributed by atoms with Crippen molar-refractivity contribution in [2.45, 2.75) is 13.3 Å². The minimum Gasteiger partial charge on any atom is -0.478 e. The number of aromatic carboxylic acids is 1. The molecule has 102 valence electrons. The molecule has 2 rings (SSSR count). The molecule has 0 aliphatic carbocycles. The highest BCUT2D eigenvalue weighted by Crippen LogP contribution is 2.15. The molecule has 0 atom stereocenters. The maximum atomic E-state index is 12.3. The summed E-state index contributed by atoms with van der Waals surface area (Å²) in [5, 5.41) is 9.09. The van der Waals surface area contributed by atoms with Crippen LogP contribution in [0.4, 0.5) is 0 Å². The Morgan fingerprint density at radius 3 is 2.00 bits per heavy atom. The third-order valence-corrected chi connectivity index (χ3v) is 3.03. The van der Waals surface area contributed by atoms with Crippen LogP contribution in [-0.4, -0.2) is 34.2 Å². The maximum absolute atomic E-state index is 12.3. The first-order valence-electron chi connectivity index (χ1n) is 6.09. The number of carboxylic acids is 1. The second kappa shape index (κ2) is 7.04. The zero-order valence-corrected chi connectivity index (χ0v) is 10.6. The molecule has 0 amide bonds. The molecule has 0 aliphatic heterocycles. The summed E-state index contributed by atoms with van der Waals surface area (Å²) in [5.74, 6) is -1.35. The van der Waals surface area contributed by atoms with Crippen molar-refractivity contribution in [2.75, 3.05) is 0 Å². The number of benzene rings is 2. The molecule has 1 N–H and O–H groups in total. The molecule has 0 saturated heterocycles. The number of rotatable bonds is 4. The van der Waals surface area contributed by atoms with Gasteiger partial charge < -0.3 is 5.11 Å². The highest BCUT2D eigenvalue weighted by Gasteiger charge is 2.16. The lowest BCUT2D eigenvalue weighted by molar-refractivity contribution is 0.0693. The smallest absolute Gasteiger partial charge is 0.336 e. The van der Waals surface area contributed by atoms with Gasteiger partial charge >= 0.3 is 5.97 Å². The first-order valence-corrected chi connectivity index (χ1v) is 6.09. The van der Waals surface area contributed by atoms with Crippen LogP contribution in [0, 0.1) is 0 Å². The van der Waals surface area contributed by atoms with Gasteiger partial charge in [0.05, 0.1) is 5.56 Å². The Hall–Kier alpha value is -1.89. The highest BCUT2D eigenvalue weighted by atomic mass is 27.0. The highest BCUT2D eigenvalue weighted by molar-refractivity contribution is 6.14. The van der Waals surface area contributed by atoms with Crippen molar-refractivity contribution in [3.63, 3.8) is 0 Å². The second-order valence-corrected chi connectivity index (χ2v) is 4.23. The van der Waals surface area contributed by atoms with Crippen molar-refractivity contribution < 1.29 is 14.7 Å². The van der Waals surface area contributed by atoms with E-state index in [0.29, 0.717) is 5.56 Å². The third kappa shape index (κ3) is 3.36. The van der Waals surface area contributed by atoms with Crippen molar-refractivity contribution in [1.29, 1.82) is 0 Å². The lowest BCUT2D eigenvalue weighted by atomic mass is 9.97. The molecule has 0 heterocycles. The zero-order valence-electron chi connectivity index (χ0n) is 10.6. The first-order chi connectivity index (χ1) is 9.13. The normalized spacial score (nSPS) is 9.65. The molecule has 0 unspecified atom stereocenters. The Morgan fingerprint density at radius 2 is 1.50 bits per heavy atom. The molecule has 0 aliphatic rings. The van der Waals surface area contributed by atoms with Gasteiger partial charge in [-0.1, -0.05) is 49.4 Å². The van der Waals surface area contributed by atoms with Crippen LogP contribution in [0.3, 0.4) is 0 Å². The van der Waals surface area contributed by atoms with Gasteiger partial charge in [-0.2, -0.15) is 0 Å². The quantitative estimate of drug-likeness (QED) is 0.690. The van der Waals surface area contributed by atoms with E-state index in [1.807, 2.05) is 19.1 Å². The van der Waals surface area contributed by atoms with Gasteiger partial charge in [0.1, 0.15) is 0 Å². The molecule has 20 heavy (non-hydrogen) atoms. The van der Waals surface area contributed by atoms with Gasteiger partial charge in [0, 0.05) is 11.1 Å². The molecule has 0 saturated carbocycles. The van der Waals surface area contributed by atoms with Crippen LogP contribution in [-0.2, 0) is 6.42 Å². The average Bonchev–Trinajstić information content (AvgIpc) is 2.46. The number of carboxylic acid groups (broad SMARTS) is 1. The Balaban J connectivity index is 0.00000200. The number of carbonyl (C=O) groups is 2. The molecule has 0 fully saturated rings. The van der Waals surface area contributed by atoms with E-state index >= 15 is 0 Å². The minimum absolute atomic E-state index is 0. The number of carbonyl (C=O) groups excluding carboxylic acids is 1. The predicted molar refractivity (Wildman–Crippen MR) is 82.6 cm³/mol. The van der Waals surface area contributed by atoms with Gasteiger partial charge in [-0.15, -0.1) is 0 Å². The molecule has 2 aromatic carbocycles. The second-order valence-electron chi connectivity index (χ2n) is 4.23. The van der Waals surface area contributed by atoms with Crippen molar-refractivity contribution in [3.8, 4) is 0 Å². The van der Waals surface area contributed by atoms with E-state index in [2.05, 4.69) is 0 Å². The molecule has 0 spiro atoms. The van der Waals surface area contributed by atoms with E-state index in [1.165, 1.54) is 6.07 Å². The molecule has 3 nitrogen and oxygen atoms in total. The monoisotopic (exact) mass is 284 g/mol. The fourth-order valence-corrected chi connectivity index (χ4v) is 1.91. The van der Waals surface area contributed by atoms with Gasteiger partial charge in [-0.3, -0.25) is 4.79 Å².